The van der Waals surface area contributed by atoms with Crippen LogP contribution in [0.5, 0.6) is 0 Å². The fraction of sp³-hybridized carbons (Fsp3) is 0.625. The van der Waals surface area contributed by atoms with Crippen molar-refractivity contribution < 1.29 is 0 Å². The van der Waals surface area contributed by atoms with Crippen LogP contribution in [0.1, 0.15) is 28.3 Å². The van der Waals surface area contributed by atoms with Crippen LogP contribution in [0.15, 0.2) is 12.1 Å². The Morgan fingerprint density at radius 2 is 1.74 bits per heavy atom. The van der Waals surface area contributed by atoms with Crippen molar-refractivity contribution in [3.63, 3.8) is 0 Å². The summed E-state index contributed by atoms with van der Waals surface area (Å²) in [4.78, 5) is 2.24. The Morgan fingerprint density at radius 1 is 1.16 bits per heavy atom. The van der Waals surface area contributed by atoms with E-state index in [0.29, 0.717) is 6.04 Å². The van der Waals surface area contributed by atoms with E-state index < -0.39 is 0 Å². The normalized spacial score (nSPS) is 13.0. The first-order chi connectivity index (χ1) is 8.95. The van der Waals surface area contributed by atoms with Gasteiger partial charge in [0.1, 0.15) is 0 Å². The van der Waals surface area contributed by atoms with E-state index in [-0.39, 0.29) is 0 Å². The largest absolute Gasteiger partial charge is 0.312 e. The van der Waals surface area contributed by atoms with Gasteiger partial charge in [-0.1, -0.05) is 17.7 Å². The maximum absolute atomic E-state index is 3.47. The first-order valence-corrected chi connectivity index (χ1v) is 8.08. The molecule has 0 aliphatic heterocycles. The molecule has 1 rings (SSSR count). The zero-order valence-electron chi connectivity index (χ0n) is 13.2. The third-order valence-electron chi connectivity index (χ3n) is 3.40. The lowest BCUT2D eigenvalue weighted by Gasteiger charge is -2.22. The average molecular weight is 280 g/mol. The number of hydrogen-bond donors (Lipinski definition) is 1. The molecule has 0 aliphatic carbocycles. The quantitative estimate of drug-likeness (QED) is 0.772. The summed E-state index contributed by atoms with van der Waals surface area (Å²) in [5, 5.41) is 3.47. The van der Waals surface area contributed by atoms with E-state index >= 15 is 0 Å². The van der Waals surface area contributed by atoms with Gasteiger partial charge in [0.2, 0.25) is 0 Å². The number of hydrogen-bond acceptors (Lipinski definition) is 3. The Labute approximate surface area is 123 Å². The van der Waals surface area contributed by atoms with Crippen LogP contribution < -0.4 is 5.32 Å². The van der Waals surface area contributed by atoms with Crippen LogP contribution in [0, 0.1) is 20.8 Å². The standard InChI is InChI=1S/C16H28N2S/c1-12-9-13(2)16(14(3)10-12)15(17-4)11-19-8-7-18(5)6/h9-10,15,17H,7-8,11H2,1-6H3. The lowest BCUT2D eigenvalue weighted by Crippen LogP contribution is -2.22. The van der Waals surface area contributed by atoms with Crippen molar-refractivity contribution in [3.05, 3.63) is 34.4 Å². The molecule has 1 aromatic carbocycles. The topological polar surface area (TPSA) is 15.3 Å². The van der Waals surface area contributed by atoms with E-state index in [1.165, 1.54) is 28.0 Å². The van der Waals surface area contributed by atoms with Crippen molar-refractivity contribution in [1.29, 1.82) is 0 Å². The van der Waals surface area contributed by atoms with Gasteiger partial charge in [-0.25, -0.2) is 0 Å². The van der Waals surface area contributed by atoms with E-state index in [2.05, 4.69) is 64.3 Å². The van der Waals surface area contributed by atoms with Gasteiger partial charge >= 0.3 is 0 Å². The predicted octanol–water partition coefficient (Wildman–Crippen LogP) is 3.17. The Morgan fingerprint density at radius 3 is 2.21 bits per heavy atom. The molecular weight excluding hydrogens is 252 g/mol. The molecule has 2 nitrogen and oxygen atoms in total. The lowest BCUT2D eigenvalue weighted by atomic mass is 9.95. The minimum atomic E-state index is 0.452. The molecule has 1 unspecified atom stereocenters. The minimum Gasteiger partial charge on any atom is -0.312 e. The molecule has 0 aliphatic rings. The summed E-state index contributed by atoms with van der Waals surface area (Å²) in [5.74, 6) is 2.32. The molecule has 0 spiro atoms. The summed E-state index contributed by atoms with van der Waals surface area (Å²) in [7, 11) is 6.32. The monoisotopic (exact) mass is 280 g/mol. The van der Waals surface area contributed by atoms with Gasteiger partial charge in [-0.2, -0.15) is 11.8 Å². The Balaban J connectivity index is 2.69. The second-order valence-corrected chi connectivity index (χ2v) is 6.68. The number of aryl methyl sites for hydroxylation is 3. The Kier molecular flexibility index (Phi) is 6.90. The van der Waals surface area contributed by atoms with Crippen LogP contribution in [0.4, 0.5) is 0 Å². The van der Waals surface area contributed by atoms with E-state index in [4.69, 9.17) is 0 Å². The minimum absolute atomic E-state index is 0.452. The van der Waals surface area contributed by atoms with E-state index in [1.807, 2.05) is 11.8 Å². The van der Waals surface area contributed by atoms with Gasteiger partial charge in [0, 0.05) is 24.1 Å². The highest BCUT2D eigenvalue weighted by molar-refractivity contribution is 7.99. The average Bonchev–Trinajstić information content (AvgIpc) is 2.30. The van der Waals surface area contributed by atoms with Crippen LogP contribution in [0.3, 0.4) is 0 Å². The van der Waals surface area contributed by atoms with Crippen molar-refractivity contribution in [2.24, 2.45) is 0 Å². The molecule has 0 saturated heterocycles. The molecule has 0 bridgehead atoms. The van der Waals surface area contributed by atoms with Crippen molar-refractivity contribution in [1.82, 2.24) is 10.2 Å². The molecule has 1 N–H and O–H groups in total. The van der Waals surface area contributed by atoms with Gasteiger partial charge in [0.25, 0.3) is 0 Å². The molecule has 108 valence electrons. The summed E-state index contributed by atoms with van der Waals surface area (Å²) in [6.45, 7) is 7.77. The molecule has 1 atom stereocenters. The van der Waals surface area contributed by atoms with Crippen LogP contribution in [-0.4, -0.2) is 44.1 Å². The Bertz CT molecular complexity index is 379. The third kappa shape index (κ3) is 5.17. The molecule has 0 aromatic heterocycles. The summed E-state index contributed by atoms with van der Waals surface area (Å²) in [5.41, 5.74) is 5.65. The highest BCUT2D eigenvalue weighted by atomic mass is 32.2. The zero-order valence-corrected chi connectivity index (χ0v) is 14.0. The van der Waals surface area contributed by atoms with Gasteiger partial charge in [0.05, 0.1) is 0 Å². The van der Waals surface area contributed by atoms with E-state index in [1.54, 1.807) is 0 Å². The highest BCUT2D eigenvalue weighted by Gasteiger charge is 2.14. The summed E-state index contributed by atoms with van der Waals surface area (Å²) >= 11 is 2.03. The van der Waals surface area contributed by atoms with Gasteiger partial charge in [-0.3, -0.25) is 0 Å². The van der Waals surface area contributed by atoms with E-state index in [9.17, 15) is 0 Å². The summed E-state index contributed by atoms with van der Waals surface area (Å²) in [6.07, 6.45) is 0. The number of benzene rings is 1. The van der Waals surface area contributed by atoms with Gasteiger partial charge in [-0.15, -0.1) is 0 Å². The fourth-order valence-corrected chi connectivity index (χ4v) is 3.73. The van der Waals surface area contributed by atoms with Gasteiger partial charge in [0.15, 0.2) is 0 Å². The number of rotatable bonds is 7. The molecule has 0 heterocycles. The summed E-state index contributed by atoms with van der Waals surface area (Å²) < 4.78 is 0. The lowest BCUT2D eigenvalue weighted by molar-refractivity contribution is 0.437. The first-order valence-electron chi connectivity index (χ1n) is 6.93. The van der Waals surface area contributed by atoms with Crippen molar-refractivity contribution in [2.45, 2.75) is 26.8 Å². The van der Waals surface area contributed by atoms with Crippen LogP contribution in [0.25, 0.3) is 0 Å². The molecule has 0 fully saturated rings. The second-order valence-electron chi connectivity index (χ2n) is 5.53. The zero-order chi connectivity index (χ0) is 14.4. The third-order valence-corrected chi connectivity index (χ3v) is 4.44. The maximum atomic E-state index is 3.47. The van der Waals surface area contributed by atoms with E-state index in [0.717, 1.165) is 12.3 Å². The second kappa shape index (κ2) is 7.93. The molecule has 0 saturated carbocycles. The first kappa shape index (κ1) is 16.5. The van der Waals surface area contributed by atoms with Gasteiger partial charge in [-0.05, 0) is 58.6 Å². The van der Waals surface area contributed by atoms with Crippen molar-refractivity contribution in [2.75, 3.05) is 39.2 Å². The number of thioether (sulfide) groups is 1. The van der Waals surface area contributed by atoms with Crippen LogP contribution in [0.2, 0.25) is 0 Å². The number of nitrogens with one attached hydrogen (secondary N) is 1. The Hall–Kier alpha value is -0.510. The molecule has 19 heavy (non-hydrogen) atoms. The van der Waals surface area contributed by atoms with Crippen LogP contribution in [-0.2, 0) is 0 Å². The van der Waals surface area contributed by atoms with Crippen molar-refractivity contribution >= 4 is 11.8 Å². The smallest absolute Gasteiger partial charge is 0.0414 e. The molecule has 0 amide bonds. The van der Waals surface area contributed by atoms with Crippen LogP contribution >= 0.6 is 11.8 Å². The fourth-order valence-electron chi connectivity index (χ4n) is 2.50. The van der Waals surface area contributed by atoms with Crippen molar-refractivity contribution in [3.8, 4) is 0 Å². The summed E-state index contributed by atoms with van der Waals surface area (Å²) in [6, 6.07) is 5.03. The van der Waals surface area contributed by atoms with Gasteiger partial charge < -0.3 is 10.2 Å². The molecule has 3 heteroatoms. The number of nitrogens with zero attached hydrogens (tertiary/aromatic N) is 1. The highest BCUT2D eigenvalue weighted by Crippen LogP contribution is 2.26. The SMILES string of the molecule is CNC(CSCCN(C)C)c1c(C)cc(C)cc1C. The predicted molar refractivity (Wildman–Crippen MR) is 88.3 cm³/mol. The molecular formula is C16H28N2S. The maximum Gasteiger partial charge on any atom is 0.0414 e. The molecule has 1 aromatic rings. The molecule has 0 radical (unpaired) electrons.